The van der Waals surface area contributed by atoms with E-state index in [1.807, 2.05) is 30.6 Å². The zero-order chi connectivity index (χ0) is 18.8. The van der Waals surface area contributed by atoms with Gasteiger partial charge in [-0.2, -0.15) is 0 Å². The van der Waals surface area contributed by atoms with E-state index in [0.29, 0.717) is 0 Å². The number of aromatic amines is 1. The monoisotopic (exact) mass is 357 g/mol. The number of fused-ring (bicyclic) bond motifs is 1. The van der Waals surface area contributed by atoms with Crippen molar-refractivity contribution in [2.45, 2.75) is 6.54 Å². The molecule has 4 heteroatoms. The molecule has 0 fully saturated rings. The van der Waals surface area contributed by atoms with Crippen molar-refractivity contribution in [3.63, 3.8) is 0 Å². The molecule has 0 aliphatic carbocycles. The molecule has 0 unspecified atom stereocenters. The van der Waals surface area contributed by atoms with Gasteiger partial charge in [0.25, 0.3) is 0 Å². The van der Waals surface area contributed by atoms with Gasteiger partial charge in [-0.3, -0.25) is 0 Å². The average molecular weight is 357 g/mol. The average Bonchev–Trinajstić information content (AvgIpc) is 3.11. The van der Waals surface area contributed by atoms with Crippen molar-refractivity contribution in [3.05, 3.63) is 72.6 Å². The highest BCUT2D eigenvalue weighted by atomic mass is 16.5. The molecule has 0 aliphatic heterocycles. The molecule has 4 rings (SSSR count). The van der Waals surface area contributed by atoms with Gasteiger partial charge < -0.3 is 14.6 Å². The molecule has 0 amide bonds. The standard InChI is InChI=1S/C23H23N3O/c1-26(2)15-16-8-10-17(11-9-16)18-12-20-21(14-25-23(20)24-13-18)19-6-4-5-7-22(19)27-3/h4-14H,15H2,1-3H3,(H,24,25). The number of pyridine rings is 1. The highest BCUT2D eigenvalue weighted by molar-refractivity contribution is 5.97. The molecule has 0 spiro atoms. The molecule has 2 aromatic carbocycles. The van der Waals surface area contributed by atoms with Crippen LogP contribution < -0.4 is 4.74 Å². The van der Waals surface area contributed by atoms with E-state index >= 15 is 0 Å². The van der Waals surface area contributed by atoms with E-state index in [1.54, 1.807) is 7.11 Å². The maximum atomic E-state index is 5.54. The summed E-state index contributed by atoms with van der Waals surface area (Å²) >= 11 is 0. The van der Waals surface area contributed by atoms with Crippen LogP contribution in [0.2, 0.25) is 0 Å². The second-order valence-electron chi connectivity index (χ2n) is 6.96. The zero-order valence-electron chi connectivity index (χ0n) is 15.9. The fraction of sp³-hybridized carbons (Fsp3) is 0.174. The maximum absolute atomic E-state index is 5.54. The van der Waals surface area contributed by atoms with Gasteiger partial charge >= 0.3 is 0 Å². The molecule has 0 bridgehead atoms. The van der Waals surface area contributed by atoms with Crippen LogP contribution in [0.4, 0.5) is 0 Å². The highest BCUT2D eigenvalue weighted by Gasteiger charge is 2.12. The summed E-state index contributed by atoms with van der Waals surface area (Å²) in [4.78, 5) is 10.1. The van der Waals surface area contributed by atoms with Gasteiger partial charge in [-0.25, -0.2) is 4.98 Å². The fourth-order valence-electron chi connectivity index (χ4n) is 3.42. The second-order valence-corrected chi connectivity index (χ2v) is 6.96. The van der Waals surface area contributed by atoms with E-state index in [0.717, 1.165) is 40.0 Å². The molecular formula is C23H23N3O. The Morgan fingerprint density at radius 3 is 2.48 bits per heavy atom. The Balaban J connectivity index is 1.76. The van der Waals surface area contributed by atoms with Crippen molar-refractivity contribution < 1.29 is 4.74 Å². The van der Waals surface area contributed by atoms with Crippen molar-refractivity contribution >= 4 is 11.0 Å². The van der Waals surface area contributed by atoms with Gasteiger partial charge in [0.1, 0.15) is 11.4 Å². The lowest BCUT2D eigenvalue weighted by Crippen LogP contribution is -2.10. The molecule has 136 valence electrons. The zero-order valence-corrected chi connectivity index (χ0v) is 15.9. The van der Waals surface area contributed by atoms with Crippen LogP contribution in [0.15, 0.2) is 67.0 Å². The van der Waals surface area contributed by atoms with Crippen LogP contribution in [-0.2, 0) is 6.54 Å². The van der Waals surface area contributed by atoms with Gasteiger partial charge in [-0.1, -0.05) is 42.5 Å². The van der Waals surface area contributed by atoms with Gasteiger partial charge in [0.2, 0.25) is 0 Å². The van der Waals surface area contributed by atoms with Crippen LogP contribution in [-0.4, -0.2) is 36.1 Å². The van der Waals surface area contributed by atoms with E-state index in [9.17, 15) is 0 Å². The molecule has 4 nitrogen and oxygen atoms in total. The molecular weight excluding hydrogens is 334 g/mol. The summed E-state index contributed by atoms with van der Waals surface area (Å²) in [6.45, 7) is 0.938. The SMILES string of the molecule is COc1ccccc1-c1c[nH]c2ncc(-c3ccc(CN(C)C)cc3)cc12. The van der Waals surface area contributed by atoms with Crippen molar-refractivity contribution in [2.24, 2.45) is 0 Å². The Hall–Kier alpha value is -3.11. The summed E-state index contributed by atoms with van der Waals surface area (Å²) in [5, 5.41) is 1.09. The van der Waals surface area contributed by atoms with Crippen molar-refractivity contribution in [1.82, 2.24) is 14.9 Å². The lowest BCUT2D eigenvalue weighted by atomic mass is 10.0. The van der Waals surface area contributed by atoms with Gasteiger partial charge in [0.05, 0.1) is 7.11 Å². The first-order valence-electron chi connectivity index (χ1n) is 9.00. The van der Waals surface area contributed by atoms with Crippen molar-refractivity contribution in [3.8, 4) is 28.0 Å². The predicted molar refractivity (Wildman–Crippen MR) is 111 cm³/mol. The number of H-pyrrole nitrogens is 1. The number of methoxy groups -OCH3 is 1. The first-order valence-corrected chi connectivity index (χ1v) is 9.00. The van der Waals surface area contributed by atoms with Crippen LogP contribution >= 0.6 is 0 Å². The number of nitrogens with one attached hydrogen (secondary N) is 1. The number of ether oxygens (including phenoxy) is 1. The topological polar surface area (TPSA) is 41.1 Å². The number of benzene rings is 2. The highest BCUT2D eigenvalue weighted by Crippen LogP contribution is 2.35. The molecule has 0 radical (unpaired) electrons. The summed E-state index contributed by atoms with van der Waals surface area (Å²) in [6, 6.07) is 18.9. The number of hydrogen-bond donors (Lipinski definition) is 1. The third-order valence-electron chi connectivity index (χ3n) is 4.71. The second kappa shape index (κ2) is 7.25. The number of nitrogens with zero attached hydrogens (tertiary/aromatic N) is 2. The number of para-hydroxylation sites is 1. The first kappa shape index (κ1) is 17.3. The van der Waals surface area contributed by atoms with Gasteiger partial charge in [0.15, 0.2) is 0 Å². The van der Waals surface area contributed by atoms with Crippen LogP contribution in [0.3, 0.4) is 0 Å². The van der Waals surface area contributed by atoms with Gasteiger partial charge in [-0.15, -0.1) is 0 Å². The third kappa shape index (κ3) is 3.44. The Labute approximate surface area is 159 Å². The lowest BCUT2D eigenvalue weighted by molar-refractivity contribution is 0.402. The van der Waals surface area contributed by atoms with Crippen LogP contribution in [0.5, 0.6) is 5.75 Å². The number of hydrogen-bond acceptors (Lipinski definition) is 3. The number of rotatable bonds is 5. The van der Waals surface area contributed by atoms with E-state index in [-0.39, 0.29) is 0 Å². The van der Waals surface area contributed by atoms with Crippen LogP contribution in [0.1, 0.15) is 5.56 Å². The van der Waals surface area contributed by atoms with E-state index in [1.165, 1.54) is 11.1 Å². The van der Waals surface area contributed by atoms with Gasteiger partial charge in [-0.05, 0) is 37.4 Å². The van der Waals surface area contributed by atoms with E-state index < -0.39 is 0 Å². The maximum Gasteiger partial charge on any atom is 0.137 e. The summed E-state index contributed by atoms with van der Waals surface area (Å²) in [5.74, 6) is 0.858. The summed E-state index contributed by atoms with van der Waals surface area (Å²) in [6.07, 6.45) is 3.92. The Morgan fingerprint density at radius 1 is 0.963 bits per heavy atom. The molecule has 0 atom stereocenters. The van der Waals surface area contributed by atoms with E-state index in [4.69, 9.17) is 4.74 Å². The molecule has 1 N–H and O–H groups in total. The van der Waals surface area contributed by atoms with Crippen LogP contribution in [0.25, 0.3) is 33.3 Å². The van der Waals surface area contributed by atoms with Crippen molar-refractivity contribution in [2.75, 3.05) is 21.2 Å². The largest absolute Gasteiger partial charge is 0.496 e. The normalized spacial score (nSPS) is 11.3. The minimum Gasteiger partial charge on any atom is -0.496 e. The fourth-order valence-corrected chi connectivity index (χ4v) is 3.42. The molecule has 2 aromatic heterocycles. The summed E-state index contributed by atoms with van der Waals surface area (Å²) in [5.41, 5.74) is 6.61. The minimum absolute atomic E-state index is 0.858. The smallest absolute Gasteiger partial charge is 0.137 e. The van der Waals surface area contributed by atoms with Crippen molar-refractivity contribution in [1.29, 1.82) is 0 Å². The lowest BCUT2D eigenvalue weighted by Gasteiger charge is -2.10. The van der Waals surface area contributed by atoms with Gasteiger partial charge in [0, 0.05) is 41.0 Å². The molecule has 4 aromatic rings. The Kier molecular flexibility index (Phi) is 4.65. The molecule has 2 heterocycles. The Morgan fingerprint density at radius 2 is 1.74 bits per heavy atom. The molecule has 27 heavy (non-hydrogen) atoms. The molecule has 0 aliphatic rings. The third-order valence-corrected chi connectivity index (χ3v) is 4.71. The van der Waals surface area contributed by atoms with E-state index in [2.05, 4.69) is 65.4 Å². The quantitative estimate of drug-likeness (QED) is 0.548. The predicted octanol–water partition coefficient (Wildman–Crippen LogP) is 4.97. The minimum atomic E-state index is 0.858. The number of aromatic nitrogens is 2. The first-order chi connectivity index (χ1) is 13.2. The van der Waals surface area contributed by atoms with Crippen LogP contribution in [0, 0.1) is 0 Å². The summed E-state index contributed by atoms with van der Waals surface area (Å²) < 4.78 is 5.54. The molecule has 0 saturated carbocycles. The summed E-state index contributed by atoms with van der Waals surface area (Å²) in [7, 11) is 5.86. The molecule has 0 saturated heterocycles. The Bertz CT molecular complexity index is 1060.